The molecule has 0 bridgehead atoms. The first kappa shape index (κ1) is 12.2. The predicted molar refractivity (Wildman–Crippen MR) is 74.4 cm³/mol. The van der Waals surface area contributed by atoms with Gasteiger partial charge in [-0.25, -0.2) is 4.98 Å². The summed E-state index contributed by atoms with van der Waals surface area (Å²) in [6.07, 6.45) is 6.86. The largest absolute Gasteiger partial charge is 0.384 e. The molecule has 0 amide bonds. The maximum absolute atomic E-state index is 6.21. The number of rotatable bonds is 2. The Hall–Kier alpha value is -0.800. The van der Waals surface area contributed by atoms with Gasteiger partial charge in [0.05, 0.1) is 10.7 Å². The molecular formula is C14H20ClN3. The van der Waals surface area contributed by atoms with Crippen molar-refractivity contribution in [3.63, 3.8) is 0 Å². The predicted octanol–water partition coefficient (Wildman–Crippen LogP) is 3.08. The van der Waals surface area contributed by atoms with Crippen molar-refractivity contribution in [1.82, 2.24) is 9.88 Å². The lowest BCUT2D eigenvalue weighted by molar-refractivity contribution is 0.174. The van der Waals surface area contributed by atoms with Gasteiger partial charge in [-0.15, -0.1) is 0 Å². The van der Waals surface area contributed by atoms with E-state index in [0.29, 0.717) is 5.82 Å². The molecule has 1 saturated carbocycles. The van der Waals surface area contributed by atoms with E-state index in [1.807, 2.05) is 6.07 Å². The normalized spacial score (nSPS) is 28.3. The number of nitrogen functional groups attached to an aromatic ring is 1. The summed E-state index contributed by atoms with van der Waals surface area (Å²) < 4.78 is 0. The van der Waals surface area contributed by atoms with Gasteiger partial charge in [-0.3, -0.25) is 4.90 Å². The first-order chi connectivity index (χ1) is 8.74. The van der Waals surface area contributed by atoms with Crippen LogP contribution in [-0.4, -0.2) is 22.5 Å². The van der Waals surface area contributed by atoms with E-state index >= 15 is 0 Å². The van der Waals surface area contributed by atoms with Crippen molar-refractivity contribution in [3.8, 4) is 0 Å². The van der Waals surface area contributed by atoms with Gasteiger partial charge < -0.3 is 5.73 Å². The van der Waals surface area contributed by atoms with Crippen LogP contribution in [0.4, 0.5) is 5.82 Å². The van der Waals surface area contributed by atoms with E-state index < -0.39 is 0 Å². The molecule has 1 aromatic rings. The summed E-state index contributed by atoms with van der Waals surface area (Å²) >= 11 is 6.21. The molecule has 2 atom stereocenters. The minimum Gasteiger partial charge on any atom is -0.384 e. The quantitative estimate of drug-likeness (QED) is 0.894. The number of hydrogen-bond acceptors (Lipinski definition) is 3. The minimum absolute atomic E-state index is 0.564. The smallest absolute Gasteiger partial charge is 0.123 e. The van der Waals surface area contributed by atoms with E-state index in [4.69, 9.17) is 17.3 Å². The molecule has 3 rings (SSSR count). The highest BCUT2D eigenvalue weighted by Gasteiger charge is 2.35. The Balaban J connectivity index is 1.74. The van der Waals surface area contributed by atoms with E-state index in [1.54, 1.807) is 6.07 Å². The van der Waals surface area contributed by atoms with E-state index in [1.165, 1.54) is 38.6 Å². The first-order valence-corrected chi connectivity index (χ1v) is 7.27. The van der Waals surface area contributed by atoms with E-state index in [0.717, 1.165) is 29.2 Å². The molecular weight excluding hydrogens is 246 g/mol. The molecule has 0 radical (unpaired) electrons. The molecule has 3 nitrogen and oxygen atoms in total. The summed E-state index contributed by atoms with van der Waals surface area (Å²) in [5, 5.41) is 0.739. The Morgan fingerprint density at radius 3 is 3.00 bits per heavy atom. The van der Waals surface area contributed by atoms with Gasteiger partial charge in [0.25, 0.3) is 0 Å². The van der Waals surface area contributed by atoms with Gasteiger partial charge in [0.2, 0.25) is 0 Å². The average molecular weight is 266 g/mol. The number of anilines is 1. The Kier molecular flexibility index (Phi) is 3.44. The number of fused-ring (bicyclic) bond motifs is 1. The summed E-state index contributed by atoms with van der Waals surface area (Å²) in [7, 11) is 0. The Morgan fingerprint density at radius 2 is 2.11 bits per heavy atom. The molecule has 0 aromatic carbocycles. The third-order valence-corrected chi connectivity index (χ3v) is 4.76. The first-order valence-electron chi connectivity index (χ1n) is 6.89. The Labute approximate surface area is 113 Å². The summed E-state index contributed by atoms with van der Waals surface area (Å²) in [5.74, 6) is 1.47. The molecule has 2 aliphatic rings. The lowest BCUT2D eigenvalue weighted by Crippen LogP contribution is -2.34. The van der Waals surface area contributed by atoms with Gasteiger partial charge in [0.1, 0.15) is 5.82 Å². The number of aromatic nitrogens is 1. The summed E-state index contributed by atoms with van der Waals surface area (Å²) in [5.41, 5.74) is 6.68. The van der Waals surface area contributed by atoms with Crippen LogP contribution in [0, 0.1) is 5.92 Å². The molecule has 2 heterocycles. The minimum atomic E-state index is 0.564. The van der Waals surface area contributed by atoms with Crippen LogP contribution in [-0.2, 0) is 6.54 Å². The Morgan fingerprint density at radius 1 is 1.28 bits per heavy atom. The molecule has 1 aliphatic carbocycles. The highest BCUT2D eigenvalue weighted by molar-refractivity contribution is 6.31. The number of hydrogen-bond donors (Lipinski definition) is 1. The van der Waals surface area contributed by atoms with Crippen LogP contribution in [0.5, 0.6) is 0 Å². The zero-order chi connectivity index (χ0) is 12.5. The van der Waals surface area contributed by atoms with E-state index in [-0.39, 0.29) is 0 Å². The standard InChI is InChI=1S/C14H20ClN3/c15-11-5-6-14(16)17-12(11)9-18-8-7-10-3-1-2-4-13(10)18/h5-6,10,13H,1-4,7-9H2,(H2,16,17). The molecule has 2 unspecified atom stereocenters. The lowest BCUT2D eigenvalue weighted by atomic mass is 9.85. The summed E-state index contributed by atoms with van der Waals surface area (Å²) in [6.45, 7) is 2.03. The van der Waals surface area contributed by atoms with Crippen LogP contribution >= 0.6 is 11.6 Å². The van der Waals surface area contributed by atoms with Crippen LogP contribution in [0.3, 0.4) is 0 Å². The van der Waals surface area contributed by atoms with Crippen LogP contribution < -0.4 is 5.73 Å². The number of nitrogens with zero attached hydrogens (tertiary/aromatic N) is 2. The molecule has 2 fully saturated rings. The topological polar surface area (TPSA) is 42.1 Å². The van der Waals surface area contributed by atoms with Crippen molar-refractivity contribution in [1.29, 1.82) is 0 Å². The number of halogens is 1. The Bertz CT molecular complexity index is 435. The third kappa shape index (κ3) is 2.34. The number of pyridine rings is 1. The summed E-state index contributed by atoms with van der Waals surface area (Å²) in [4.78, 5) is 6.93. The van der Waals surface area contributed by atoms with Crippen molar-refractivity contribution in [2.24, 2.45) is 5.92 Å². The third-order valence-electron chi connectivity index (χ3n) is 4.42. The number of nitrogens with two attached hydrogens (primary N) is 1. The van der Waals surface area contributed by atoms with E-state index in [9.17, 15) is 0 Å². The molecule has 0 spiro atoms. The molecule has 98 valence electrons. The van der Waals surface area contributed by atoms with Crippen molar-refractivity contribution in [2.75, 3.05) is 12.3 Å². The van der Waals surface area contributed by atoms with Gasteiger partial charge >= 0.3 is 0 Å². The molecule has 1 aliphatic heterocycles. The van der Waals surface area contributed by atoms with Crippen molar-refractivity contribution in [2.45, 2.75) is 44.7 Å². The maximum atomic E-state index is 6.21. The van der Waals surface area contributed by atoms with Crippen LogP contribution in [0.2, 0.25) is 5.02 Å². The van der Waals surface area contributed by atoms with Gasteiger partial charge in [-0.05, 0) is 43.9 Å². The molecule has 2 N–H and O–H groups in total. The maximum Gasteiger partial charge on any atom is 0.123 e. The lowest BCUT2D eigenvalue weighted by Gasteiger charge is -2.31. The SMILES string of the molecule is Nc1ccc(Cl)c(CN2CCC3CCCCC32)n1. The fraction of sp³-hybridized carbons (Fsp3) is 0.643. The van der Waals surface area contributed by atoms with Crippen molar-refractivity contribution >= 4 is 17.4 Å². The molecule has 1 saturated heterocycles. The van der Waals surface area contributed by atoms with E-state index in [2.05, 4.69) is 9.88 Å². The highest BCUT2D eigenvalue weighted by Crippen LogP contribution is 2.37. The monoisotopic (exact) mass is 265 g/mol. The number of likely N-dealkylation sites (tertiary alicyclic amines) is 1. The fourth-order valence-corrected chi connectivity index (χ4v) is 3.67. The molecule has 1 aromatic heterocycles. The van der Waals surface area contributed by atoms with Crippen LogP contribution in [0.15, 0.2) is 12.1 Å². The van der Waals surface area contributed by atoms with Crippen LogP contribution in [0.1, 0.15) is 37.8 Å². The van der Waals surface area contributed by atoms with Gasteiger partial charge in [0, 0.05) is 12.6 Å². The second kappa shape index (κ2) is 5.06. The highest BCUT2D eigenvalue weighted by atomic mass is 35.5. The second-order valence-corrected chi connectivity index (χ2v) is 5.94. The van der Waals surface area contributed by atoms with Gasteiger partial charge in [0.15, 0.2) is 0 Å². The fourth-order valence-electron chi connectivity index (χ4n) is 3.50. The molecule has 4 heteroatoms. The van der Waals surface area contributed by atoms with Crippen molar-refractivity contribution < 1.29 is 0 Å². The second-order valence-electron chi connectivity index (χ2n) is 5.54. The molecule has 18 heavy (non-hydrogen) atoms. The zero-order valence-corrected chi connectivity index (χ0v) is 11.4. The summed E-state index contributed by atoms with van der Waals surface area (Å²) in [6, 6.07) is 4.37. The van der Waals surface area contributed by atoms with Crippen LogP contribution in [0.25, 0.3) is 0 Å². The van der Waals surface area contributed by atoms with Gasteiger partial charge in [-0.1, -0.05) is 24.4 Å². The van der Waals surface area contributed by atoms with Crippen molar-refractivity contribution in [3.05, 3.63) is 22.8 Å². The van der Waals surface area contributed by atoms with Gasteiger partial charge in [-0.2, -0.15) is 0 Å². The zero-order valence-electron chi connectivity index (χ0n) is 10.6. The average Bonchev–Trinajstić information content (AvgIpc) is 2.78.